The van der Waals surface area contributed by atoms with Crippen LogP contribution in [0.5, 0.6) is 0 Å². The van der Waals surface area contributed by atoms with Gasteiger partial charge < -0.3 is 11.1 Å². The van der Waals surface area contributed by atoms with Crippen LogP contribution >= 0.6 is 0 Å². The molecule has 0 spiro atoms. The third-order valence-corrected chi connectivity index (χ3v) is 2.44. The highest BCUT2D eigenvalue weighted by Gasteiger charge is 2.01. The Kier molecular flexibility index (Phi) is 3.76. The van der Waals surface area contributed by atoms with Crippen molar-refractivity contribution in [1.82, 2.24) is 0 Å². The van der Waals surface area contributed by atoms with E-state index in [1.807, 2.05) is 60.7 Å². The van der Waals surface area contributed by atoms with Crippen LogP contribution in [0.15, 0.2) is 66.7 Å². The first-order valence-electron chi connectivity index (χ1n) is 5.64. The van der Waals surface area contributed by atoms with Crippen LogP contribution in [0.3, 0.4) is 0 Å². The number of nitrogens with two attached hydrogens (primary N) is 1. The summed E-state index contributed by atoms with van der Waals surface area (Å²) in [5.41, 5.74) is 7.88. The van der Waals surface area contributed by atoms with E-state index in [0.29, 0.717) is 5.70 Å². The van der Waals surface area contributed by atoms with Crippen molar-refractivity contribution in [3.05, 3.63) is 72.3 Å². The van der Waals surface area contributed by atoms with Gasteiger partial charge in [-0.3, -0.25) is 4.79 Å². The van der Waals surface area contributed by atoms with E-state index in [-0.39, 0.29) is 5.91 Å². The Balaban J connectivity index is 2.07. The van der Waals surface area contributed by atoms with Gasteiger partial charge in [0.1, 0.15) is 0 Å². The quantitative estimate of drug-likeness (QED) is 0.808. The summed E-state index contributed by atoms with van der Waals surface area (Å²) >= 11 is 0. The highest BCUT2D eigenvalue weighted by atomic mass is 16.1. The van der Waals surface area contributed by atoms with Crippen LogP contribution in [0.4, 0.5) is 5.69 Å². The maximum Gasteiger partial charge on any atom is 0.250 e. The second-order valence-corrected chi connectivity index (χ2v) is 3.82. The number of nitrogens with one attached hydrogen (secondary N) is 1. The Bertz CT molecular complexity index is 547. The van der Waals surface area contributed by atoms with Crippen molar-refractivity contribution >= 4 is 17.3 Å². The molecule has 0 fully saturated rings. The molecule has 0 saturated carbocycles. The lowest BCUT2D eigenvalue weighted by Gasteiger charge is -2.03. The van der Waals surface area contributed by atoms with E-state index < -0.39 is 0 Å². The number of carbonyl (C=O) groups is 1. The molecule has 2 aromatic rings. The van der Waals surface area contributed by atoms with E-state index in [9.17, 15) is 4.79 Å². The summed E-state index contributed by atoms with van der Waals surface area (Å²) in [7, 11) is 0. The van der Waals surface area contributed by atoms with Crippen LogP contribution in [0.25, 0.3) is 5.70 Å². The Morgan fingerprint density at radius 3 is 2.11 bits per heavy atom. The third kappa shape index (κ3) is 3.22. The highest BCUT2D eigenvalue weighted by Crippen LogP contribution is 2.09. The molecule has 0 unspecified atom stereocenters. The van der Waals surface area contributed by atoms with Crippen molar-refractivity contribution in [2.24, 2.45) is 5.73 Å². The predicted molar refractivity (Wildman–Crippen MR) is 73.7 cm³/mol. The molecule has 18 heavy (non-hydrogen) atoms. The Morgan fingerprint density at radius 1 is 0.944 bits per heavy atom. The second kappa shape index (κ2) is 5.68. The topological polar surface area (TPSA) is 55.1 Å². The van der Waals surface area contributed by atoms with Crippen molar-refractivity contribution in [2.45, 2.75) is 0 Å². The molecule has 3 nitrogen and oxygen atoms in total. The molecule has 0 saturated heterocycles. The fourth-order valence-corrected chi connectivity index (χ4v) is 1.56. The normalized spacial score (nSPS) is 11.0. The lowest BCUT2D eigenvalue weighted by atomic mass is 10.1. The molecule has 2 aromatic carbocycles. The summed E-state index contributed by atoms with van der Waals surface area (Å²) < 4.78 is 0. The minimum atomic E-state index is -0.234. The van der Waals surface area contributed by atoms with Gasteiger partial charge in [0, 0.05) is 17.5 Å². The van der Waals surface area contributed by atoms with Crippen LogP contribution in [-0.4, -0.2) is 5.91 Å². The Hall–Kier alpha value is -2.55. The molecular formula is C15H14N2O. The number of rotatable bonds is 3. The SMILES string of the molecule is N/C(=C\C(=O)Nc1ccccc1)c1ccccc1. The van der Waals surface area contributed by atoms with Crippen LogP contribution in [0, 0.1) is 0 Å². The summed E-state index contributed by atoms with van der Waals surface area (Å²) in [6, 6.07) is 18.7. The molecule has 0 atom stereocenters. The van der Waals surface area contributed by atoms with Gasteiger partial charge >= 0.3 is 0 Å². The van der Waals surface area contributed by atoms with Crippen molar-refractivity contribution < 1.29 is 4.79 Å². The summed E-state index contributed by atoms with van der Waals surface area (Å²) in [5.74, 6) is -0.234. The van der Waals surface area contributed by atoms with Crippen molar-refractivity contribution in [2.75, 3.05) is 5.32 Å². The lowest BCUT2D eigenvalue weighted by Crippen LogP contribution is -2.10. The summed E-state index contributed by atoms with van der Waals surface area (Å²) in [5, 5.41) is 2.75. The van der Waals surface area contributed by atoms with Gasteiger partial charge in [0.05, 0.1) is 0 Å². The fourth-order valence-electron chi connectivity index (χ4n) is 1.56. The summed E-state index contributed by atoms with van der Waals surface area (Å²) in [6.45, 7) is 0. The van der Waals surface area contributed by atoms with Crippen LogP contribution in [0.1, 0.15) is 5.56 Å². The van der Waals surface area contributed by atoms with E-state index in [4.69, 9.17) is 5.73 Å². The van der Waals surface area contributed by atoms with Gasteiger partial charge in [0.2, 0.25) is 5.91 Å². The summed E-state index contributed by atoms with van der Waals surface area (Å²) in [4.78, 5) is 11.7. The van der Waals surface area contributed by atoms with E-state index in [0.717, 1.165) is 11.3 Å². The van der Waals surface area contributed by atoms with Gasteiger partial charge in [-0.05, 0) is 17.7 Å². The van der Waals surface area contributed by atoms with Gasteiger partial charge in [0.15, 0.2) is 0 Å². The zero-order valence-corrected chi connectivity index (χ0v) is 9.84. The number of benzene rings is 2. The van der Waals surface area contributed by atoms with Crippen molar-refractivity contribution in [1.29, 1.82) is 0 Å². The van der Waals surface area contributed by atoms with Crippen LogP contribution < -0.4 is 11.1 Å². The standard InChI is InChI=1S/C15H14N2O/c16-14(12-7-3-1-4-8-12)11-15(18)17-13-9-5-2-6-10-13/h1-11H,16H2,(H,17,18)/b14-11-. The number of para-hydroxylation sites is 1. The zero-order chi connectivity index (χ0) is 12.8. The average Bonchev–Trinajstić information content (AvgIpc) is 2.40. The zero-order valence-electron chi connectivity index (χ0n) is 9.84. The van der Waals surface area contributed by atoms with E-state index >= 15 is 0 Å². The minimum absolute atomic E-state index is 0.234. The van der Waals surface area contributed by atoms with E-state index in [1.54, 1.807) is 0 Å². The van der Waals surface area contributed by atoms with Crippen molar-refractivity contribution in [3.63, 3.8) is 0 Å². The van der Waals surface area contributed by atoms with Gasteiger partial charge in [-0.25, -0.2) is 0 Å². The molecule has 90 valence electrons. The molecule has 1 amide bonds. The first kappa shape index (κ1) is 11.9. The second-order valence-electron chi connectivity index (χ2n) is 3.82. The smallest absolute Gasteiger partial charge is 0.250 e. The Morgan fingerprint density at radius 2 is 1.50 bits per heavy atom. The predicted octanol–water partition coefficient (Wildman–Crippen LogP) is 2.62. The minimum Gasteiger partial charge on any atom is -0.398 e. The molecular weight excluding hydrogens is 224 g/mol. The molecule has 0 aromatic heterocycles. The number of hydrogen-bond donors (Lipinski definition) is 2. The first-order chi connectivity index (χ1) is 8.75. The van der Waals surface area contributed by atoms with Gasteiger partial charge in [0.25, 0.3) is 0 Å². The van der Waals surface area contributed by atoms with Gasteiger partial charge in [-0.2, -0.15) is 0 Å². The maximum atomic E-state index is 11.7. The Labute approximate surface area is 106 Å². The summed E-state index contributed by atoms with van der Waals surface area (Å²) in [6.07, 6.45) is 1.39. The maximum absolute atomic E-state index is 11.7. The molecule has 0 aliphatic heterocycles. The number of anilines is 1. The average molecular weight is 238 g/mol. The molecule has 0 heterocycles. The molecule has 0 aliphatic rings. The largest absolute Gasteiger partial charge is 0.398 e. The first-order valence-corrected chi connectivity index (χ1v) is 5.64. The number of amides is 1. The monoisotopic (exact) mass is 238 g/mol. The lowest BCUT2D eigenvalue weighted by molar-refractivity contribution is -0.111. The third-order valence-electron chi connectivity index (χ3n) is 2.44. The van der Waals surface area contributed by atoms with E-state index in [2.05, 4.69) is 5.32 Å². The van der Waals surface area contributed by atoms with Gasteiger partial charge in [-0.15, -0.1) is 0 Å². The van der Waals surface area contributed by atoms with E-state index in [1.165, 1.54) is 6.08 Å². The van der Waals surface area contributed by atoms with Crippen LogP contribution in [0.2, 0.25) is 0 Å². The molecule has 2 rings (SSSR count). The fraction of sp³-hybridized carbons (Fsp3) is 0. The molecule has 0 radical (unpaired) electrons. The molecule has 0 bridgehead atoms. The molecule has 0 aliphatic carbocycles. The van der Waals surface area contributed by atoms with Gasteiger partial charge in [-0.1, -0.05) is 48.5 Å². The number of carbonyl (C=O) groups excluding carboxylic acids is 1. The number of hydrogen-bond acceptors (Lipinski definition) is 2. The molecule has 3 N–H and O–H groups in total. The van der Waals surface area contributed by atoms with Crippen molar-refractivity contribution in [3.8, 4) is 0 Å². The molecule has 3 heteroatoms. The highest BCUT2D eigenvalue weighted by molar-refractivity contribution is 6.03. The van der Waals surface area contributed by atoms with Crippen LogP contribution in [-0.2, 0) is 4.79 Å².